The van der Waals surface area contributed by atoms with Gasteiger partial charge in [0.15, 0.2) is 0 Å². The van der Waals surface area contributed by atoms with Gasteiger partial charge in [-0.2, -0.15) is 0 Å². The molecule has 1 fully saturated rings. The second-order valence-corrected chi connectivity index (χ2v) is 4.31. The average molecular weight is 153 g/mol. The van der Waals surface area contributed by atoms with Crippen LogP contribution >= 0.6 is 0 Å². The van der Waals surface area contributed by atoms with Gasteiger partial charge in [-0.15, -0.1) is 6.58 Å². The molecule has 1 aliphatic rings. The van der Waals surface area contributed by atoms with Gasteiger partial charge in [-0.3, -0.25) is 0 Å². The summed E-state index contributed by atoms with van der Waals surface area (Å²) in [6.07, 6.45) is 5.78. The molecule has 1 heterocycles. The van der Waals surface area contributed by atoms with Gasteiger partial charge in [-0.1, -0.05) is 19.9 Å². The van der Waals surface area contributed by atoms with Gasteiger partial charge < -0.3 is 5.32 Å². The molecule has 0 aromatic carbocycles. The maximum atomic E-state index is 3.75. The Labute approximate surface area is 69.9 Å². The van der Waals surface area contributed by atoms with Gasteiger partial charge >= 0.3 is 0 Å². The van der Waals surface area contributed by atoms with Crippen molar-refractivity contribution in [1.29, 1.82) is 0 Å². The summed E-state index contributed by atoms with van der Waals surface area (Å²) in [5.41, 5.74) is 0.512. The van der Waals surface area contributed by atoms with E-state index in [1.54, 1.807) is 0 Å². The second kappa shape index (κ2) is 3.40. The zero-order valence-electron chi connectivity index (χ0n) is 7.69. The third kappa shape index (κ3) is 2.66. The van der Waals surface area contributed by atoms with Crippen molar-refractivity contribution in [2.24, 2.45) is 5.41 Å². The molecule has 1 aliphatic heterocycles. The Morgan fingerprint density at radius 3 is 2.82 bits per heavy atom. The summed E-state index contributed by atoms with van der Waals surface area (Å²) in [6, 6.07) is 0.695. The number of hydrogen-bond donors (Lipinski definition) is 1. The lowest BCUT2D eigenvalue weighted by Crippen LogP contribution is -2.42. The first-order chi connectivity index (χ1) is 5.14. The van der Waals surface area contributed by atoms with Crippen LogP contribution in [0.3, 0.4) is 0 Å². The quantitative estimate of drug-likeness (QED) is 0.600. The number of piperidine rings is 1. The lowest BCUT2D eigenvalue weighted by Gasteiger charge is -2.35. The highest BCUT2D eigenvalue weighted by atomic mass is 14.9. The van der Waals surface area contributed by atoms with Crippen LogP contribution in [-0.4, -0.2) is 12.6 Å². The number of nitrogens with one attached hydrogen (secondary N) is 1. The van der Waals surface area contributed by atoms with Crippen molar-refractivity contribution in [3.8, 4) is 0 Å². The molecule has 1 heteroatoms. The fourth-order valence-corrected chi connectivity index (χ4v) is 1.58. The van der Waals surface area contributed by atoms with Gasteiger partial charge in [0.1, 0.15) is 0 Å². The van der Waals surface area contributed by atoms with Crippen LogP contribution in [0.15, 0.2) is 12.7 Å². The van der Waals surface area contributed by atoms with Gasteiger partial charge in [0.25, 0.3) is 0 Å². The molecule has 0 saturated carbocycles. The van der Waals surface area contributed by atoms with Gasteiger partial charge in [0.05, 0.1) is 0 Å². The van der Waals surface area contributed by atoms with Crippen molar-refractivity contribution in [3.05, 3.63) is 12.7 Å². The summed E-state index contributed by atoms with van der Waals surface area (Å²) in [4.78, 5) is 0. The molecule has 0 unspecified atom stereocenters. The molecule has 1 rings (SSSR count). The first-order valence-corrected chi connectivity index (χ1v) is 4.48. The Hall–Kier alpha value is -0.300. The molecular formula is C10H19N. The van der Waals surface area contributed by atoms with Crippen LogP contribution in [0.5, 0.6) is 0 Å². The molecular weight excluding hydrogens is 134 g/mol. The molecule has 0 aromatic heterocycles. The van der Waals surface area contributed by atoms with E-state index in [0.29, 0.717) is 11.5 Å². The number of rotatable bonds is 2. The summed E-state index contributed by atoms with van der Waals surface area (Å²) in [6.45, 7) is 9.56. The van der Waals surface area contributed by atoms with Crippen LogP contribution in [0.25, 0.3) is 0 Å². The van der Waals surface area contributed by atoms with E-state index in [4.69, 9.17) is 0 Å². The van der Waals surface area contributed by atoms with Crippen molar-refractivity contribution >= 4 is 0 Å². The summed E-state index contributed by atoms with van der Waals surface area (Å²) in [7, 11) is 0. The van der Waals surface area contributed by atoms with Crippen LogP contribution in [-0.2, 0) is 0 Å². The molecule has 11 heavy (non-hydrogen) atoms. The van der Waals surface area contributed by atoms with Gasteiger partial charge in [-0.25, -0.2) is 0 Å². The molecule has 0 aliphatic carbocycles. The van der Waals surface area contributed by atoms with Gasteiger partial charge in [0, 0.05) is 12.6 Å². The van der Waals surface area contributed by atoms with Crippen LogP contribution in [0, 0.1) is 5.41 Å². The molecule has 1 atom stereocenters. The fourth-order valence-electron chi connectivity index (χ4n) is 1.58. The van der Waals surface area contributed by atoms with Crippen LogP contribution in [0.4, 0.5) is 0 Å². The smallest absolute Gasteiger partial charge is 0.0102 e. The van der Waals surface area contributed by atoms with E-state index in [0.717, 1.165) is 13.0 Å². The minimum Gasteiger partial charge on any atom is -0.313 e. The summed E-state index contributed by atoms with van der Waals surface area (Å²) >= 11 is 0. The third-order valence-electron chi connectivity index (χ3n) is 2.49. The zero-order valence-corrected chi connectivity index (χ0v) is 7.69. The maximum Gasteiger partial charge on any atom is 0.0102 e. The predicted octanol–water partition coefficient (Wildman–Crippen LogP) is 2.34. The van der Waals surface area contributed by atoms with E-state index in [1.165, 1.54) is 12.8 Å². The molecule has 1 N–H and O–H groups in total. The molecule has 0 aromatic rings. The normalized spacial score (nSPS) is 29.8. The zero-order chi connectivity index (χ0) is 8.32. The molecule has 1 nitrogen and oxygen atoms in total. The van der Waals surface area contributed by atoms with E-state index in [1.807, 2.05) is 6.08 Å². The third-order valence-corrected chi connectivity index (χ3v) is 2.49. The highest BCUT2D eigenvalue weighted by Gasteiger charge is 2.25. The van der Waals surface area contributed by atoms with Crippen molar-refractivity contribution in [1.82, 2.24) is 5.32 Å². The topological polar surface area (TPSA) is 12.0 Å². The Balaban J connectivity index is 2.30. The Morgan fingerprint density at radius 2 is 2.36 bits per heavy atom. The maximum absolute atomic E-state index is 3.75. The Bertz CT molecular complexity index is 128. The van der Waals surface area contributed by atoms with E-state index in [9.17, 15) is 0 Å². The summed E-state index contributed by atoms with van der Waals surface area (Å²) in [5.74, 6) is 0. The highest BCUT2D eigenvalue weighted by molar-refractivity contribution is 4.86. The van der Waals surface area contributed by atoms with Crippen LogP contribution in [0.2, 0.25) is 0 Å². The van der Waals surface area contributed by atoms with E-state index < -0.39 is 0 Å². The van der Waals surface area contributed by atoms with Crippen molar-refractivity contribution in [2.45, 2.75) is 39.2 Å². The standard InChI is InChI=1S/C10H19N/c1-4-5-9-6-7-10(2,3)8-11-9/h4,9,11H,1,5-8H2,2-3H3/t9-/m0/s1. The molecule has 1 saturated heterocycles. The van der Waals surface area contributed by atoms with Gasteiger partial charge in [0.2, 0.25) is 0 Å². The largest absolute Gasteiger partial charge is 0.313 e. The molecule has 0 radical (unpaired) electrons. The molecule has 0 spiro atoms. The highest BCUT2D eigenvalue weighted by Crippen LogP contribution is 2.27. The first kappa shape index (κ1) is 8.79. The lowest BCUT2D eigenvalue weighted by atomic mass is 9.82. The molecule has 0 bridgehead atoms. The van der Waals surface area contributed by atoms with Crippen LogP contribution in [0.1, 0.15) is 33.1 Å². The van der Waals surface area contributed by atoms with Crippen molar-refractivity contribution in [2.75, 3.05) is 6.54 Å². The van der Waals surface area contributed by atoms with Crippen molar-refractivity contribution in [3.63, 3.8) is 0 Å². The Morgan fingerprint density at radius 1 is 1.64 bits per heavy atom. The Kier molecular flexibility index (Phi) is 2.72. The lowest BCUT2D eigenvalue weighted by molar-refractivity contribution is 0.223. The summed E-state index contributed by atoms with van der Waals surface area (Å²) in [5, 5.41) is 3.54. The summed E-state index contributed by atoms with van der Waals surface area (Å²) < 4.78 is 0. The minimum absolute atomic E-state index is 0.512. The fraction of sp³-hybridized carbons (Fsp3) is 0.800. The predicted molar refractivity (Wildman–Crippen MR) is 49.6 cm³/mol. The van der Waals surface area contributed by atoms with E-state index in [2.05, 4.69) is 25.7 Å². The van der Waals surface area contributed by atoms with E-state index >= 15 is 0 Å². The van der Waals surface area contributed by atoms with Gasteiger partial charge in [-0.05, 0) is 24.7 Å². The minimum atomic E-state index is 0.512. The number of hydrogen-bond acceptors (Lipinski definition) is 1. The average Bonchev–Trinajstić information content (AvgIpc) is 1.94. The SMILES string of the molecule is C=CC[C@H]1CCC(C)(C)CN1. The molecule has 0 amide bonds. The van der Waals surface area contributed by atoms with Crippen LogP contribution < -0.4 is 5.32 Å². The van der Waals surface area contributed by atoms with E-state index in [-0.39, 0.29) is 0 Å². The van der Waals surface area contributed by atoms with Crippen molar-refractivity contribution < 1.29 is 0 Å². The monoisotopic (exact) mass is 153 g/mol. The second-order valence-electron chi connectivity index (χ2n) is 4.31. The molecule has 64 valence electrons. The first-order valence-electron chi connectivity index (χ1n) is 4.48.